The number of amidine groups is 1. The number of halogens is 2. The molecule has 0 radical (unpaired) electrons. The van der Waals surface area contributed by atoms with Gasteiger partial charge in [0.15, 0.2) is 5.84 Å². The summed E-state index contributed by atoms with van der Waals surface area (Å²) in [6.07, 6.45) is 0. The molecule has 1 aromatic rings. The van der Waals surface area contributed by atoms with Crippen LogP contribution in [-0.4, -0.2) is 38.9 Å². The standard InChI is InChI=1S/C12H14F2N2O3S/c1-7(2)16(3)11-10-8(19-12(13)14)5-4-6-9(10)20(17,18)15-11/h4-7,12H,1-3H3. The molecule has 8 heteroatoms. The molecule has 0 atom stereocenters. The monoisotopic (exact) mass is 304 g/mol. The van der Waals surface area contributed by atoms with Crippen molar-refractivity contribution in [2.24, 2.45) is 4.40 Å². The van der Waals surface area contributed by atoms with Gasteiger partial charge in [-0.15, -0.1) is 4.40 Å². The lowest BCUT2D eigenvalue weighted by Crippen LogP contribution is -2.33. The summed E-state index contributed by atoms with van der Waals surface area (Å²) >= 11 is 0. The molecule has 20 heavy (non-hydrogen) atoms. The minimum Gasteiger partial charge on any atom is -0.434 e. The molecular formula is C12H14F2N2O3S. The predicted molar refractivity (Wildman–Crippen MR) is 69.7 cm³/mol. The fourth-order valence-electron chi connectivity index (χ4n) is 1.83. The van der Waals surface area contributed by atoms with Gasteiger partial charge in [0.05, 0.1) is 5.56 Å². The highest BCUT2D eigenvalue weighted by molar-refractivity contribution is 7.90. The van der Waals surface area contributed by atoms with E-state index in [1.807, 2.05) is 13.8 Å². The van der Waals surface area contributed by atoms with Gasteiger partial charge in [-0.1, -0.05) is 6.07 Å². The van der Waals surface area contributed by atoms with E-state index in [0.717, 1.165) is 0 Å². The highest BCUT2D eigenvalue weighted by Gasteiger charge is 2.35. The van der Waals surface area contributed by atoms with Gasteiger partial charge in [-0.3, -0.25) is 0 Å². The van der Waals surface area contributed by atoms with Gasteiger partial charge in [-0.2, -0.15) is 17.2 Å². The number of ether oxygens (including phenoxy) is 1. The molecule has 0 fully saturated rings. The second kappa shape index (κ2) is 5.01. The average molecular weight is 304 g/mol. The lowest BCUT2D eigenvalue weighted by Gasteiger charge is -2.24. The van der Waals surface area contributed by atoms with Gasteiger partial charge in [-0.05, 0) is 26.0 Å². The number of benzene rings is 1. The third kappa shape index (κ3) is 2.47. The number of hydrogen-bond acceptors (Lipinski definition) is 4. The van der Waals surface area contributed by atoms with Crippen molar-refractivity contribution >= 4 is 15.9 Å². The summed E-state index contributed by atoms with van der Waals surface area (Å²) in [5.41, 5.74) is 0.0870. The lowest BCUT2D eigenvalue weighted by molar-refractivity contribution is -0.0501. The molecule has 2 rings (SSSR count). The van der Waals surface area contributed by atoms with Crippen molar-refractivity contribution in [1.29, 1.82) is 0 Å². The van der Waals surface area contributed by atoms with E-state index in [9.17, 15) is 17.2 Å². The largest absolute Gasteiger partial charge is 0.434 e. The average Bonchev–Trinajstić information content (AvgIpc) is 2.61. The summed E-state index contributed by atoms with van der Waals surface area (Å²) in [6, 6.07) is 3.93. The molecule has 0 bridgehead atoms. The van der Waals surface area contributed by atoms with Crippen molar-refractivity contribution in [2.45, 2.75) is 31.4 Å². The van der Waals surface area contributed by atoms with E-state index in [1.54, 1.807) is 11.9 Å². The third-order valence-corrected chi connectivity index (χ3v) is 4.33. The summed E-state index contributed by atoms with van der Waals surface area (Å²) in [5, 5.41) is 0. The van der Waals surface area contributed by atoms with E-state index in [0.29, 0.717) is 0 Å². The second-order valence-corrected chi connectivity index (χ2v) is 6.17. The summed E-state index contributed by atoms with van der Waals surface area (Å²) < 4.78 is 56.9. The van der Waals surface area contributed by atoms with Crippen LogP contribution >= 0.6 is 0 Å². The molecule has 110 valence electrons. The fraction of sp³-hybridized carbons (Fsp3) is 0.417. The van der Waals surface area contributed by atoms with Gasteiger partial charge in [-0.25, -0.2) is 0 Å². The molecule has 0 saturated carbocycles. The van der Waals surface area contributed by atoms with Crippen molar-refractivity contribution in [3.8, 4) is 5.75 Å². The van der Waals surface area contributed by atoms with Crippen LogP contribution in [0, 0.1) is 0 Å². The number of fused-ring (bicyclic) bond motifs is 1. The molecule has 1 aromatic carbocycles. The van der Waals surface area contributed by atoms with Crippen LogP contribution in [0.4, 0.5) is 8.78 Å². The quantitative estimate of drug-likeness (QED) is 0.858. The Hall–Kier alpha value is -1.70. The van der Waals surface area contributed by atoms with Crippen LogP contribution in [0.15, 0.2) is 27.5 Å². The Labute approximate surface area is 115 Å². The molecule has 1 aliphatic heterocycles. The number of rotatable bonds is 3. The van der Waals surface area contributed by atoms with Gasteiger partial charge in [0.25, 0.3) is 10.0 Å². The van der Waals surface area contributed by atoms with Crippen molar-refractivity contribution in [3.05, 3.63) is 23.8 Å². The Kier molecular flexibility index (Phi) is 3.68. The van der Waals surface area contributed by atoms with Gasteiger partial charge < -0.3 is 9.64 Å². The van der Waals surface area contributed by atoms with Gasteiger partial charge in [0.2, 0.25) is 0 Å². The van der Waals surface area contributed by atoms with Crippen LogP contribution in [0.1, 0.15) is 19.4 Å². The molecule has 0 saturated heterocycles. The Morgan fingerprint density at radius 3 is 2.50 bits per heavy atom. The van der Waals surface area contributed by atoms with Crippen molar-refractivity contribution in [2.75, 3.05) is 7.05 Å². The van der Waals surface area contributed by atoms with E-state index in [-0.39, 0.29) is 28.1 Å². The molecular weight excluding hydrogens is 290 g/mol. The van der Waals surface area contributed by atoms with Gasteiger partial charge in [0.1, 0.15) is 10.6 Å². The molecule has 5 nitrogen and oxygen atoms in total. The Morgan fingerprint density at radius 2 is 1.95 bits per heavy atom. The minimum absolute atomic E-state index is 0.0468. The van der Waals surface area contributed by atoms with Crippen LogP contribution < -0.4 is 4.74 Å². The first-order valence-electron chi connectivity index (χ1n) is 5.90. The predicted octanol–water partition coefficient (Wildman–Crippen LogP) is 2.08. The Balaban J connectivity index is 2.63. The van der Waals surface area contributed by atoms with Crippen molar-refractivity contribution < 1.29 is 21.9 Å². The number of alkyl halides is 2. The highest BCUT2D eigenvalue weighted by atomic mass is 32.2. The zero-order chi connectivity index (χ0) is 15.1. The van der Waals surface area contributed by atoms with E-state index in [2.05, 4.69) is 9.13 Å². The molecule has 0 unspecified atom stereocenters. The molecule has 1 heterocycles. The van der Waals surface area contributed by atoms with Crippen LogP contribution in [0.5, 0.6) is 5.75 Å². The number of hydrogen-bond donors (Lipinski definition) is 0. The second-order valence-electron chi connectivity index (χ2n) is 4.60. The van der Waals surface area contributed by atoms with Crippen LogP contribution in [0.25, 0.3) is 0 Å². The van der Waals surface area contributed by atoms with Crippen LogP contribution in [0.2, 0.25) is 0 Å². The maximum Gasteiger partial charge on any atom is 0.387 e. The molecule has 0 aliphatic carbocycles. The first-order valence-corrected chi connectivity index (χ1v) is 7.34. The summed E-state index contributed by atoms with van der Waals surface area (Å²) in [5.74, 6) is -0.0731. The summed E-state index contributed by atoms with van der Waals surface area (Å²) in [4.78, 5) is 1.49. The normalized spacial score (nSPS) is 16.2. The van der Waals surface area contributed by atoms with Crippen LogP contribution in [-0.2, 0) is 10.0 Å². The Morgan fingerprint density at radius 1 is 1.30 bits per heavy atom. The SMILES string of the molecule is CC(C)N(C)C1=NS(=O)(=O)c2cccc(OC(F)F)c21. The zero-order valence-corrected chi connectivity index (χ0v) is 12.0. The topological polar surface area (TPSA) is 59.0 Å². The van der Waals surface area contributed by atoms with E-state index >= 15 is 0 Å². The maximum absolute atomic E-state index is 12.4. The number of sulfonamides is 1. The first-order chi connectivity index (χ1) is 9.24. The zero-order valence-electron chi connectivity index (χ0n) is 11.2. The molecule has 0 N–H and O–H groups in total. The molecule has 0 aromatic heterocycles. The summed E-state index contributed by atoms with van der Waals surface area (Å²) in [6.45, 7) is 0.642. The van der Waals surface area contributed by atoms with E-state index in [1.165, 1.54) is 18.2 Å². The third-order valence-electron chi connectivity index (χ3n) is 3.02. The molecule has 0 spiro atoms. The minimum atomic E-state index is -3.87. The highest BCUT2D eigenvalue weighted by Crippen LogP contribution is 2.35. The van der Waals surface area contributed by atoms with Gasteiger partial charge in [0, 0.05) is 13.1 Å². The van der Waals surface area contributed by atoms with Crippen LogP contribution in [0.3, 0.4) is 0 Å². The van der Waals surface area contributed by atoms with E-state index in [4.69, 9.17) is 0 Å². The van der Waals surface area contributed by atoms with E-state index < -0.39 is 16.6 Å². The first kappa shape index (κ1) is 14.7. The molecule has 1 aliphatic rings. The lowest BCUT2D eigenvalue weighted by atomic mass is 10.1. The van der Waals surface area contributed by atoms with Crippen molar-refractivity contribution in [1.82, 2.24) is 4.90 Å². The maximum atomic E-state index is 12.4. The van der Waals surface area contributed by atoms with Gasteiger partial charge >= 0.3 is 6.61 Å². The fourth-order valence-corrected chi connectivity index (χ4v) is 3.08. The number of nitrogens with zero attached hydrogens (tertiary/aromatic N) is 2. The smallest absolute Gasteiger partial charge is 0.387 e. The molecule has 0 amide bonds. The van der Waals surface area contributed by atoms with Crippen molar-refractivity contribution in [3.63, 3.8) is 0 Å². The Bertz CT molecular complexity index is 657. The summed E-state index contributed by atoms with van der Waals surface area (Å²) in [7, 11) is -2.22.